The SMILES string of the molecule is CN(C)c1ccc(NC(=O)CC(=O)Nc2ccccc2Br)cc1. The molecule has 23 heavy (non-hydrogen) atoms. The molecule has 0 bridgehead atoms. The van der Waals surface area contributed by atoms with Crippen LogP contribution in [0.1, 0.15) is 6.42 Å². The molecule has 2 N–H and O–H groups in total. The first-order valence-corrected chi connectivity index (χ1v) is 7.86. The number of anilines is 3. The van der Waals surface area contributed by atoms with E-state index in [4.69, 9.17) is 0 Å². The number of nitrogens with zero attached hydrogens (tertiary/aromatic N) is 1. The first-order chi connectivity index (χ1) is 11.0. The zero-order chi connectivity index (χ0) is 16.8. The molecule has 2 aromatic carbocycles. The highest BCUT2D eigenvalue weighted by atomic mass is 79.9. The molecule has 0 saturated carbocycles. The first kappa shape index (κ1) is 17.0. The van der Waals surface area contributed by atoms with Crippen LogP contribution < -0.4 is 15.5 Å². The van der Waals surface area contributed by atoms with E-state index < -0.39 is 0 Å². The highest BCUT2D eigenvalue weighted by molar-refractivity contribution is 9.10. The molecule has 6 heteroatoms. The molecule has 2 amide bonds. The Balaban J connectivity index is 1.89. The van der Waals surface area contributed by atoms with Crippen molar-refractivity contribution in [1.29, 1.82) is 0 Å². The van der Waals surface area contributed by atoms with Crippen molar-refractivity contribution >= 4 is 44.8 Å². The number of carbonyl (C=O) groups excluding carboxylic acids is 2. The third-order valence-electron chi connectivity index (χ3n) is 3.14. The van der Waals surface area contributed by atoms with Crippen molar-refractivity contribution in [3.63, 3.8) is 0 Å². The van der Waals surface area contributed by atoms with E-state index in [1.807, 2.05) is 49.3 Å². The highest BCUT2D eigenvalue weighted by Gasteiger charge is 2.11. The third kappa shape index (κ3) is 5.10. The van der Waals surface area contributed by atoms with Crippen LogP contribution in [0.2, 0.25) is 0 Å². The second-order valence-electron chi connectivity index (χ2n) is 5.19. The van der Waals surface area contributed by atoms with Gasteiger partial charge in [0, 0.05) is 29.9 Å². The van der Waals surface area contributed by atoms with E-state index in [2.05, 4.69) is 26.6 Å². The van der Waals surface area contributed by atoms with E-state index in [9.17, 15) is 9.59 Å². The van der Waals surface area contributed by atoms with Gasteiger partial charge in [0.1, 0.15) is 6.42 Å². The van der Waals surface area contributed by atoms with Crippen LogP contribution >= 0.6 is 15.9 Å². The molecular formula is C17H18BrN3O2. The second kappa shape index (κ2) is 7.78. The van der Waals surface area contributed by atoms with Crippen LogP contribution in [-0.4, -0.2) is 25.9 Å². The monoisotopic (exact) mass is 375 g/mol. The Morgan fingerprint density at radius 3 is 2.17 bits per heavy atom. The summed E-state index contributed by atoms with van der Waals surface area (Å²) in [6, 6.07) is 14.7. The molecule has 0 aliphatic carbocycles. The van der Waals surface area contributed by atoms with Gasteiger partial charge in [0.25, 0.3) is 0 Å². The van der Waals surface area contributed by atoms with Gasteiger partial charge in [-0.25, -0.2) is 0 Å². The van der Waals surface area contributed by atoms with E-state index in [1.54, 1.807) is 18.2 Å². The summed E-state index contributed by atoms with van der Waals surface area (Å²) in [5, 5.41) is 5.41. The molecular weight excluding hydrogens is 358 g/mol. The van der Waals surface area contributed by atoms with Gasteiger partial charge in [0.2, 0.25) is 11.8 Å². The van der Waals surface area contributed by atoms with Gasteiger partial charge >= 0.3 is 0 Å². The minimum Gasteiger partial charge on any atom is -0.378 e. The molecule has 0 aliphatic rings. The summed E-state index contributed by atoms with van der Waals surface area (Å²) in [6.07, 6.45) is -0.239. The maximum atomic E-state index is 11.9. The molecule has 0 fully saturated rings. The van der Waals surface area contributed by atoms with Gasteiger partial charge in [0.05, 0.1) is 5.69 Å². The normalized spacial score (nSPS) is 10.0. The fourth-order valence-corrected chi connectivity index (χ4v) is 2.33. The van der Waals surface area contributed by atoms with Crippen molar-refractivity contribution in [2.45, 2.75) is 6.42 Å². The maximum Gasteiger partial charge on any atom is 0.233 e. The topological polar surface area (TPSA) is 61.4 Å². The smallest absolute Gasteiger partial charge is 0.233 e. The van der Waals surface area contributed by atoms with Crippen LogP contribution in [-0.2, 0) is 9.59 Å². The molecule has 0 spiro atoms. The Kier molecular flexibility index (Phi) is 5.76. The largest absolute Gasteiger partial charge is 0.378 e. The van der Waals surface area contributed by atoms with Crippen molar-refractivity contribution in [3.8, 4) is 0 Å². The fraction of sp³-hybridized carbons (Fsp3) is 0.176. The van der Waals surface area contributed by atoms with Gasteiger partial charge < -0.3 is 15.5 Å². The Labute approximate surface area is 143 Å². The summed E-state index contributed by atoms with van der Waals surface area (Å²) in [4.78, 5) is 25.8. The average Bonchev–Trinajstić information content (AvgIpc) is 2.50. The van der Waals surface area contributed by atoms with Crippen LogP contribution in [0.15, 0.2) is 53.0 Å². The number of halogens is 1. The van der Waals surface area contributed by atoms with Crippen LogP contribution in [0, 0.1) is 0 Å². The van der Waals surface area contributed by atoms with Crippen molar-refractivity contribution in [2.75, 3.05) is 29.6 Å². The Morgan fingerprint density at radius 2 is 1.57 bits per heavy atom. The maximum absolute atomic E-state index is 11.9. The van der Waals surface area contributed by atoms with Crippen LogP contribution in [0.5, 0.6) is 0 Å². The summed E-state index contributed by atoms with van der Waals surface area (Å²) in [5.41, 5.74) is 2.34. The summed E-state index contributed by atoms with van der Waals surface area (Å²) in [7, 11) is 3.89. The molecule has 0 aliphatic heterocycles. The molecule has 0 saturated heterocycles. The van der Waals surface area contributed by atoms with Crippen molar-refractivity contribution in [3.05, 3.63) is 53.0 Å². The zero-order valence-electron chi connectivity index (χ0n) is 13.0. The standard InChI is InChI=1S/C17H18BrN3O2/c1-21(2)13-9-7-12(8-10-13)19-16(22)11-17(23)20-15-6-4-3-5-14(15)18/h3-10H,11H2,1-2H3,(H,19,22)(H,20,23). The number of hydrogen-bond acceptors (Lipinski definition) is 3. The minimum absolute atomic E-state index is 0.239. The summed E-state index contributed by atoms with van der Waals surface area (Å²) < 4.78 is 0.771. The van der Waals surface area contributed by atoms with E-state index >= 15 is 0 Å². The number of benzene rings is 2. The molecule has 0 heterocycles. The molecule has 2 aromatic rings. The fourth-order valence-electron chi connectivity index (χ4n) is 1.95. The molecule has 0 radical (unpaired) electrons. The van der Waals surface area contributed by atoms with Crippen molar-refractivity contribution in [2.24, 2.45) is 0 Å². The van der Waals surface area contributed by atoms with Crippen LogP contribution in [0.4, 0.5) is 17.1 Å². The lowest BCUT2D eigenvalue weighted by molar-refractivity contribution is -0.123. The lowest BCUT2D eigenvalue weighted by Gasteiger charge is -2.13. The number of rotatable bonds is 5. The average molecular weight is 376 g/mol. The van der Waals surface area contributed by atoms with Gasteiger partial charge in [-0.05, 0) is 52.3 Å². The third-order valence-corrected chi connectivity index (χ3v) is 3.83. The first-order valence-electron chi connectivity index (χ1n) is 7.07. The Bertz CT molecular complexity index is 699. The van der Waals surface area contributed by atoms with E-state index in [1.165, 1.54) is 0 Å². The highest BCUT2D eigenvalue weighted by Crippen LogP contribution is 2.21. The molecule has 0 aromatic heterocycles. The minimum atomic E-state index is -0.362. The summed E-state index contributed by atoms with van der Waals surface area (Å²) in [5.74, 6) is -0.716. The molecule has 2 rings (SSSR count). The molecule has 0 unspecified atom stereocenters. The van der Waals surface area contributed by atoms with E-state index in [0.717, 1.165) is 10.2 Å². The van der Waals surface area contributed by atoms with Crippen LogP contribution in [0.25, 0.3) is 0 Å². The van der Waals surface area contributed by atoms with Gasteiger partial charge in [-0.3, -0.25) is 9.59 Å². The molecule has 0 atom stereocenters. The Hall–Kier alpha value is -2.34. The van der Waals surface area contributed by atoms with Gasteiger partial charge in [0.15, 0.2) is 0 Å². The number of carbonyl (C=O) groups is 2. The van der Waals surface area contributed by atoms with Crippen LogP contribution in [0.3, 0.4) is 0 Å². The van der Waals surface area contributed by atoms with Crippen molar-refractivity contribution in [1.82, 2.24) is 0 Å². The summed E-state index contributed by atoms with van der Waals surface area (Å²) >= 11 is 3.34. The van der Waals surface area contributed by atoms with E-state index in [0.29, 0.717) is 11.4 Å². The lowest BCUT2D eigenvalue weighted by Crippen LogP contribution is -2.21. The molecule has 120 valence electrons. The predicted molar refractivity (Wildman–Crippen MR) is 96.8 cm³/mol. The van der Waals surface area contributed by atoms with Gasteiger partial charge in [-0.2, -0.15) is 0 Å². The molecule has 5 nitrogen and oxygen atoms in total. The van der Waals surface area contributed by atoms with Gasteiger partial charge in [-0.1, -0.05) is 12.1 Å². The lowest BCUT2D eigenvalue weighted by atomic mass is 10.2. The van der Waals surface area contributed by atoms with Gasteiger partial charge in [-0.15, -0.1) is 0 Å². The predicted octanol–water partition coefficient (Wildman–Crippen LogP) is 3.48. The zero-order valence-corrected chi connectivity index (χ0v) is 14.6. The number of para-hydroxylation sites is 1. The number of nitrogens with one attached hydrogen (secondary N) is 2. The quantitative estimate of drug-likeness (QED) is 0.786. The van der Waals surface area contributed by atoms with Crippen molar-refractivity contribution < 1.29 is 9.59 Å². The number of amides is 2. The second-order valence-corrected chi connectivity index (χ2v) is 6.05. The Morgan fingerprint density at radius 1 is 0.957 bits per heavy atom. The number of hydrogen-bond donors (Lipinski definition) is 2. The summed E-state index contributed by atoms with van der Waals surface area (Å²) in [6.45, 7) is 0. The van der Waals surface area contributed by atoms with E-state index in [-0.39, 0.29) is 18.2 Å².